The summed E-state index contributed by atoms with van der Waals surface area (Å²) in [6, 6.07) is 0. The lowest BCUT2D eigenvalue weighted by Crippen LogP contribution is -2.19. The van der Waals surface area contributed by atoms with Gasteiger partial charge in [-0.05, 0) is 0 Å². The van der Waals surface area contributed by atoms with Crippen LogP contribution in [0.4, 0.5) is 0 Å². The van der Waals surface area contributed by atoms with Crippen molar-refractivity contribution in [3.05, 3.63) is 18.7 Å². The lowest BCUT2D eigenvalue weighted by molar-refractivity contribution is 0.0443. The number of imidazole rings is 1. The molecule has 0 amide bonds. The molecule has 0 saturated carbocycles. The zero-order chi connectivity index (χ0) is 6.81. The average Bonchev–Trinajstić information content (AvgIpc) is 2.59. The Bertz CT molecular complexity index is 191. The Morgan fingerprint density at radius 3 is 3.30 bits per heavy atom. The predicted octanol–water partition coefficient (Wildman–Crippen LogP) is -0.0410. The first kappa shape index (κ1) is 5.88. The molecule has 1 saturated heterocycles. The van der Waals surface area contributed by atoms with Crippen molar-refractivity contribution in [2.24, 2.45) is 0 Å². The van der Waals surface area contributed by atoms with Gasteiger partial charge < -0.3 is 4.74 Å². The number of nitrogens with one attached hydrogen (secondary N) is 1. The van der Waals surface area contributed by atoms with Gasteiger partial charge in [0.1, 0.15) is 0 Å². The second kappa shape index (κ2) is 2.40. The maximum atomic E-state index is 5.31. The summed E-state index contributed by atoms with van der Waals surface area (Å²) < 4.78 is 7.20. The van der Waals surface area contributed by atoms with Gasteiger partial charge in [-0.25, -0.2) is 4.98 Å². The molecule has 10 heavy (non-hydrogen) atoms. The second-order valence-electron chi connectivity index (χ2n) is 2.19. The number of aromatic nitrogens is 2. The van der Waals surface area contributed by atoms with Crippen LogP contribution in [0.25, 0.3) is 0 Å². The maximum Gasteiger partial charge on any atom is 0.191 e. The van der Waals surface area contributed by atoms with Crippen LogP contribution in [0.1, 0.15) is 6.35 Å². The third-order valence-corrected chi connectivity index (χ3v) is 1.49. The number of nitrogens with zero attached hydrogens (tertiary/aromatic N) is 2. The quantitative estimate of drug-likeness (QED) is 0.593. The van der Waals surface area contributed by atoms with Crippen LogP contribution in [0.3, 0.4) is 0 Å². The SMILES string of the molecule is c1cn(C2NCCO2)cn1. The molecule has 1 N–H and O–H groups in total. The summed E-state index contributed by atoms with van der Waals surface area (Å²) in [7, 11) is 0. The van der Waals surface area contributed by atoms with E-state index in [0.717, 1.165) is 13.2 Å². The van der Waals surface area contributed by atoms with E-state index in [0.29, 0.717) is 0 Å². The fourth-order valence-electron chi connectivity index (χ4n) is 1.01. The van der Waals surface area contributed by atoms with E-state index in [2.05, 4.69) is 10.3 Å². The van der Waals surface area contributed by atoms with Gasteiger partial charge >= 0.3 is 0 Å². The third-order valence-electron chi connectivity index (χ3n) is 1.49. The lowest BCUT2D eigenvalue weighted by atomic mass is 10.7. The highest BCUT2D eigenvalue weighted by molar-refractivity contribution is 4.77. The highest BCUT2D eigenvalue weighted by Gasteiger charge is 2.14. The summed E-state index contributed by atoms with van der Waals surface area (Å²) in [5, 5.41) is 3.16. The van der Waals surface area contributed by atoms with Gasteiger partial charge in [-0.15, -0.1) is 0 Å². The molecule has 1 aliphatic heterocycles. The molecule has 1 unspecified atom stereocenters. The Hall–Kier alpha value is -0.870. The molecule has 54 valence electrons. The zero-order valence-electron chi connectivity index (χ0n) is 5.53. The first-order chi connectivity index (χ1) is 4.97. The second-order valence-corrected chi connectivity index (χ2v) is 2.19. The van der Waals surface area contributed by atoms with Crippen molar-refractivity contribution >= 4 is 0 Å². The van der Waals surface area contributed by atoms with E-state index in [1.165, 1.54) is 0 Å². The Morgan fingerprint density at radius 1 is 1.70 bits per heavy atom. The largest absolute Gasteiger partial charge is 0.343 e. The number of hydrogen-bond donors (Lipinski definition) is 1. The van der Waals surface area contributed by atoms with Crippen molar-refractivity contribution in [2.45, 2.75) is 6.35 Å². The summed E-state index contributed by atoms with van der Waals surface area (Å²) in [6.07, 6.45) is 5.36. The van der Waals surface area contributed by atoms with E-state index in [1.54, 1.807) is 12.5 Å². The van der Waals surface area contributed by atoms with Crippen molar-refractivity contribution in [3.63, 3.8) is 0 Å². The molecule has 1 aliphatic rings. The van der Waals surface area contributed by atoms with Crippen LogP contribution in [-0.2, 0) is 4.74 Å². The Balaban J connectivity index is 2.12. The monoisotopic (exact) mass is 139 g/mol. The van der Waals surface area contributed by atoms with Gasteiger partial charge in [0.2, 0.25) is 0 Å². The minimum Gasteiger partial charge on any atom is -0.343 e. The van der Waals surface area contributed by atoms with Gasteiger partial charge in [-0.1, -0.05) is 0 Å². The molecular weight excluding hydrogens is 130 g/mol. The van der Waals surface area contributed by atoms with Crippen LogP contribution < -0.4 is 5.32 Å². The molecule has 0 radical (unpaired) electrons. The highest BCUT2D eigenvalue weighted by Crippen LogP contribution is 2.07. The van der Waals surface area contributed by atoms with Gasteiger partial charge in [0, 0.05) is 18.9 Å². The Labute approximate surface area is 58.8 Å². The van der Waals surface area contributed by atoms with Crippen LogP contribution in [-0.4, -0.2) is 22.7 Å². The van der Waals surface area contributed by atoms with Gasteiger partial charge in [0.05, 0.1) is 12.9 Å². The van der Waals surface area contributed by atoms with Crippen molar-refractivity contribution in [2.75, 3.05) is 13.2 Å². The molecule has 0 bridgehead atoms. The molecule has 0 spiro atoms. The Morgan fingerprint density at radius 2 is 2.70 bits per heavy atom. The van der Waals surface area contributed by atoms with Crippen molar-refractivity contribution in [1.82, 2.24) is 14.9 Å². The molecule has 4 nitrogen and oxygen atoms in total. The standard InChI is InChI=1S/C6H9N3O/c1-3-9(5-7-1)6-8-2-4-10-6/h1,3,5-6,8H,2,4H2. The summed E-state index contributed by atoms with van der Waals surface area (Å²) in [6.45, 7) is 1.70. The van der Waals surface area contributed by atoms with Crippen LogP contribution in [0.5, 0.6) is 0 Å². The summed E-state index contributed by atoms with van der Waals surface area (Å²) >= 11 is 0. The minimum atomic E-state index is 0.00231. The van der Waals surface area contributed by atoms with Gasteiger partial charge in [-0.2, -0.15) is 0 Å². The number of hydrogen-bond acceptors (Lipinski definition) is 3. The van der Waals surface area contributed by atoms with E-state index < -0.39 is 0 Å². The van der Waals surface area contributed by atoms with E-state index >= 15 is 0 Å². The van der Waals surface area contributed by atoms with E-state index in [-0.39, 0.29) is 6.35 Å². The smallest absolute Gasteiger partial charge is 0.191 e. The molecule has 2 rings (SSSR count). The fraction of sp³-hybridized carbons (Fsp3) is 0.500. The molecule has 4 heteroatoms. The van der Waals surface area contributed by atoms with Crippen molar-refractivity contribution in [3.8, 4) is 0 Å². The third kappa shape index (κ3) is 0.913. The first-order valence-electron chi connectivity index (χ1n) is 3.29. The van der Waals surface area contributed by atoms with Crippen LogP contribution in [0.2, 0.25) is 0 Å². The van der Waals surface area contributed by atoms with E-state index in [4.69, 9.17) is 4.74 Å². The summed E-state index contributed by atoms with van der Waals surface area (Å²) in [5.41, 5.74) is 0. The zero-order valence-corrected chi connectivity index (χ0v) is 5.53. The molecule has 1 fully saturated rings. The molecule has 2 heterocycles. The lowest BCUT2D eigenvalue weighted by Gasteiger charge is -2.09. The van der Waals surface area contributed by atoms with Gasteiger partial charge in [0.15, 0.2) is 6.35 Å². The molecule has 0 aromatic carbocycles. The predicted molar refractivity (Wildman–Crippen MR) is 35.2 cm³/mol. The minimum absolute atomic E-state index is 0.00231. The first-order valence-corrected chi connectivity index (χ1v) is 3.29. The van der Waals surface area contributed by atoms with Crippen LogP contribution in [0.15, 0.2) is 18.7 Å². The van der Waals surface area contributed by atoms with Crippen molar-refractivity contribution < 1.29 is 4.74 Å². The van der Waals surface area contributed by atoms with Crippen molar-refractivity contribution in [1.29, 1.82) is 0 Å². The van der Waals surface area contributed by atoms with E-state index in [1.807, 2.05) is 10.8 Å². The maximum absolute atomic E-state index is 5.31. The van der Waals surface area contributed by atoms with Gasteiger partial charge in [-0.3, -0.25) is 9.88 Å². The van der Waals surface area contributed by atoms with Gasteiger partial charge in [0.25, 0.3) is 0 Å². The summed E-state index contributed by atoms with van der Waals surface area (Å²) in [5.74, 6) is 0. The Kier molecular flexibility index (Phi) is 1.41. The van der Waals surface area contributed by atoms with Crippen LogP contribution in [0, 0.1) is 0 Å². The summed E-state index contributed by atoms with van der Waals surface area (Å²) in [4.78, 5) is 3.91. The molecule has 1 atom stereocenters. The van der Waals surface area contributed by atoms with Crippen LogP contribution >= 0.6 is 0 Å². The number of ether oxygens (including phenoxy) is 1. The molecule has 0 aliphatic carbocycles. The topological polar surface area (TPSA) is 39.1 Å². The molecular formula is C6H9N3O. The van der Waals surface area contributed by atoms with E-state index in [9.17, 15) is 0 Å². The molecule has 1 aromatic heterocycles. The average molecular weight is 139 g/mol. The highest BCUT2D eigenvalue weighted by atomic mass is 16.5. The normalized spacial score (nSPS) is 25.4. The fourth-order valence-corrected chi connectivity index (χ4v) is 1.01. The molecule has 1 aromatic rings. The number of rotatable bonds is 1.